The molecule has 6 nitrogen and oxygen atoms in total. The molecule has 2 rings (SSSR count). The number of ether oxygens (including phenoxy) is 1. The summed E-state index contributed by atoms with van der Waals surface area (Å²) in [4.78, 5) is 25.1. The van der Waals surface area contributed by atoms with Gasteiger partial charge in [0.05, 0.1) is 24.5 Å². The van der Waals surface area contributed by atoms with E-state index in [4.69, 9.17) is 10.00 Å². The Morgan fingerprint density at radius 1 is 1.26 bits per heavy atom. The molecule has 6 heteroatoms. The van der Waals surface area contributed by atoms with Gasteiger partial charge in [0.2, 0.25) is 0 Å². The minimum atomic E-state index is -0.732. The lowest BCUT2D eigenvalue weighted by molar-refractivity contribution is -0.145. The molecular formula is C13H13N3O3. The number of benzene rings is 1. The monoisotopic (exact) mass is 259 g/mol. The molecule has 0 spiro atoms. The molecule has 0 unspecified atom stereocenters. The Kier molecular flexibility index (Phi) is 4.11. The Morgan fingerprint density at radius 2 is 1.95 bits per heavy atom. The van der Waals surface area contributed by atoms with Crippen molar-refractivity contribution >= 4 is 17.5 Å². The number of nitrogens with zero attached hydrogens (tertiary/aromatic N) is 2. The highest BCUT2D eigenvalue weighted by Gasteiger charge is 2.24. The molecule has 1 N–H and O–H groups in total. The second-order valence-electron chi connectivity index (χ2n) is 4.02. The largest absolute Gasteiger partial charge is 0.378 e. The molecule has 1 aliphatic rings. The standard InChI is InChI=1S/C13H13N3O3/c14-9-10-3-1-2-4-11(10)15-12(17)13(18)16-5-7-19-8-6-16/h1-4H,5-8H2,(H,15,17). The molecule has 0 atom stereocenters. The zero-order valence-corrected chi connectivity index (χ0v) is 10.3. The number of anilines is 1. The lowest BCUT2D eigenvalue weighted by Crippen LogP contribution is -2.45. The molecule has 0 aromatic heterocycles. The first-order chi connectivity index (χ1) is 9.22. The number of hydrogen-bond acceptors (Lipinski definition) is 4. The van der Waals surface area contributed by atoms with E-state index in [2.05, 4.69) is 5.32 Å². The fourth-order valence-corrected chi connectivity index (χ4v) is 1.78. The average molecular weight is 259 g/mol. The molecule has 1 aromatic rings. The summed E-state index contributed by atoms with van der Waals surface area (Å²) in [5, 5.41) is 11.4. The van der Waals surface area contributed by atoms with Crippen molar-refractivity contribution in [3.8, 4) is 6.07 Å². The number of nitriles is 1. The fourth-order valence-electron chi connectivity index (χ4n) is 1.78. The zero-order chi connectivity index (χ0) is 13.7. The van der Waals surface area contributed by atoms with Gasteiger partial charge >= 0.3 is 11.8 Å². The van der Waals surface area contributed by atoms with E-state index in [1.807, 2.05) is 6.07 Å². The van der Waals surface area contributed by atoms with Crippen molar-refractivity contribution in [1.29, 1.82) is 5.26 Å². The summed E-state index contributed by atoms with van der Waals surface area (Å²) in [6.45, 7) is 1.69. The van der Waals surface area contributed by atoms with Crippen LogP contribution in [0.25, 0.3) is 0 Å². The van der Waals surface area contributed by atoms with Crippen LogP contribution in [0, 0.1) is 11.3 Å². The van der Waals surface area contributed by atoms with Gasteiger partial charge in [-0.15, -0.1) is 0 Å². The minimum Gasteiger partial charge on any atom is -0.378 e. The topological polar surface area (TPSA) is 82.4 Å². The van der Waals surface area contributed by atoms with Crippen LogP contribution in [0.15, 0.2) is 24.3 Å². The number of carbonyl (C=O) groups is 2. The van der Waals surface area contributed by atoms with E-state index in [-0.39, 0.29) is 0 Å². The summed E-state index contributed by atoms with van der Waals surface area (Å²) in [5.74, 6) is -1.33. The number of rotatable bonds is 1. The van der Waals surface area contributed by atoms with Crippen LogP contribution >= 0.6 is 0 Å². The smallest absolute Gasteiger partial charge is 0.313 e. The summed E-state index contributed by atoms with van der Waals surface area (Å²) < 4.78 is 5.12. The van der Waals surface area contributed by atoms with E-state index in [0.29, 0.717) is 37.6 Å². The zero-order valence-electron chi connectivity index (χ0n) is 10.3. The summed E-state index contributed by atoms with van der Waals surface area (Å²) in [6, 6.07) is 8.51. The maximum Gasteiger partial charge on any atom is 0.313 e. The second-order valence-corrected chi connectivity index (χ2v) is 4.02. The Hall–Kier alpha value is -2.39. The molecule has 0 bridgehead atoms. The van der Waals surface area contributed by atoms with Gasteiger partial charge in [0, 0.05) is 13.1 Å². The Labute approximate surface area is 110 Å². The third-order valence-corrected chi connectivity index (χ3v) is 2.79. The van der Waals surface area contributed by atoms with Gasteiger partial charge in [-0.1, -0.05) is 12.1 Å². The molecule has 1 aromatic carbocycles. The molecule has 1 fully saturated rings. The molecule has 1 heterocycles. The highest BCUT2D eigenvalue weighted by atomic mass is 16.5. The van der Waals surface area contributed by atoms with Crippen LogP contribution < -0.4 is 5.32 Å². The minimum absolute atomic E-state index is 0.325. The van der Waals surface area contributed by atoms with Crippen molar-refractivity contribution in [2.24, 2.45) is 0 Å². The van der Waals surface area contributed by atoms with Gasteiger partial charge in [-0.05, 0) is 12.1 Å². The number of carbonyl (C=O) groups excluding carboxylic acids is 2. The van der Waals surface area contributed by atoms with Gasteiger partial charge < -0.3 is 15.0 Å². The second kappa shape index (κ2) is 5.98. The molecular weight excluding hydrogens is 246 g/mol. The predicted molar refractivity (Wildman–Crippen MR) is 67.2 cm³/mol. The summed E-state index contributed by atoms with van der Waals surface area (Å²) >= 11 is 0. The first-order valence-electron chi connectivity index (χ1n) is 5.89. The lowest BCUT2D eigenvalue weighted by atomic mass is 10.2. The van der Waals surface area contributed by atoms with Crippen molar-refractivity contribution < 1.29 is 14.3 Å². The normalized spacial score (nSPS) is 14.6. The molecule has 1 saturated heterocycles. The molecule has 98 valence electrons. The van der Waals surface area contributed by atoms with Crippen molar-refractivity contribution in [2.45, 2.75) is 0 Å². The maximum absolute atomic E-state index is 11.9. The van der Waals surface area contributed by atoms with Gasteiger partial charge in [-0.2, -0.15) is 5.26 Å². The molecule has 0 saturated carbocycles. The van der Waals surface area contributed by atoms with E-state index in [0.717, 1.165) is 0 Å². The van der Waals surface area contributed by atoms with E-state index < -0.39 is 11.8 Å². The first kappa shape index (κ1) is 13.1. The van der Waals surface area contributed by atoms with Gasteiger partial charge in [-0.3, -0.25) is 9.59 Å². The van der Waals surface area contributed by atoms with Crippen LogP contribution in [-0.4, -0.2) is 43.0 Å². The highest BCUT2D eigenvalue weighted by molar-refractivity contribution is 6.39. The van der Waals surface area contributed by atoms with Crippen LogP contribution in [0.1, 0.15) is 5.56 Å². The van der Waals surface area contributed by atoms with Crippen LogP contribution in [0.5, 0.6) is 0 Å². The third-order valence-electron chi connectivity index (χ3n) is 2.79. The molecule has 0 radical (unpaired) electrons. The van der Waals surface area contributed by atoms with Crippen molar-refractivity contribution in [2.75, 3.05) is 31.6 Å². The van der Waals surface area contributed by atoms with Gasteiger partial charge in [-0.25, -0.2) is 0 Å². The lowest BCUT2D eigenvalue weighted by Gasteiger charge is -2.26. The van der Waals surface area contributed by atoms with Crippen LogP contribution in [-0.2, 0) is 14.3 Å². The van der Waals surface area contributed by atoms with Crippen molar-refractivity contribution in [1.82, 2.24) is 4.90 Å². The fraction of sp³-hybridized carbons (Fsp3) is 0.308. The number of para-hydroxylation sites is 1. The van der Waals surface area contributed by atoms with Gasteiger partial charge in [0.15, 0.2) is 0 Å². The number of nitrogens with one attached hydrogen (secondary N) is 1. The van der Waals surface area contributed by atoms with E-state index in [9.17, 15) is 9.59 Å². The van der Waals surface area contributed by atoms with Gasteiger partial charge in [0.1, 0.15) is 6.07 Å². The Balaban J connectivity index is 2.04. The summed E-state index contributed by atoms with van der Waals surface area (Å²) in [5.41, 5.74) is 0.669. The quantitative estimate of drug-likeness (QED) is 0.738. The summed E-state index contributed by atoms with van der Waals surface area (Å²) in [6.07, 6.45) is 0. The Bertz CT molecular complexity index is 530. The number of hydrogen-bond donors (Lipinski definition) is 1. The number of amides is 2. The van der Waals surface area contributed by atoms with E-state index >= 15 is 0 Å². The summed E-state index contributed by atoms with van der Waals surface area (Å²) in [7, 11) is 0. The molecule has 0 aliphatic carbocycles. The molecule has 19 heavy (non-hydrogen) atoms. The number of morpholine rings is 1. The predicted octanol–water partition coefficient (Wildman–Crippen LogP) is 0.356. The molecule has 2 amide bonds. The van der Waals surface area contributed by atoms with E-state index in [1.165, 1.54) is 4.90 Å². The third kappa shape index (κ3) is 3.09. The SMILES string of the molecule is N#Cc1ccccc1NC(=O)C(=O)N1CCOCC1. The van der Waals surface area contributed by atoms with E-state index in [1.54, 1.807) is 24.3 Å². The van der Waals surface area contributed by atoms with Crippen molar-refractivity contribution in [3.05, 3.63) is 29.8 Å². The first-order valence-corrected chi connectivity index (χ1v) is 5.89. The van der Waals surface area contributed by atoms with Crippen LogP contribution in [0.2, 0.25) is 0 Å². The molecule has 1 aliphatic heterocycles. The average Bonchev–Trinajstić information content (AvgIpc) is 2.48. The Morgan fingerprint density at radius 3 is 2.63 bits per heavy atom. The van der Waals surface area contributed by atoms with Gasteiger partial charge in [0.25, 0.3) is 0 Å². The van der Waals surface area contributed by atoms with Crippen molar-refractivity contribution in [3.63, 3.8) is 0 Å². The van der Waals surface area contributed by atoms with Crippen LogP contribution in [0.4, 0.5) is 5.69 Å². The van der Waals surface area contributed by atoms with Crippen LogP contribution in [0.3, 0.4) is 0 Å². The highest BCUT2D eigenvalue weighted by Crippen LogP contribution is 2.13. The maximum atomic E-state index is 11.9.